The van der Waals surface area contributed by atoms with Crippen molar-refractivity contribution in [3.63, 3.8) is 0 Å². The normalized spacial score (nSPS) is 21.1. The Morgan fingerprint density at radius 3 is 1.32 bits per heavy atom. The van der Waals surface area contributed by atoms with Gasteiger partial charge in [-0.25, -0.2) is 0 Å². The van der Waals surface area contributed by atoms with E-state index in [1.807, 2.05) is 12.1 Å². The molecule has 2 heterocycles. The minimum absolute atomic E-state index is 0.0120. The molecule has 4 N–H and O–H groups in total. The van der Waals surface area contributed by atoms with Gasteiger partial charge >= 0.3 is 0 Å². The number of nitrogens with one attached hydrogen (secondary N) is 4. The first-order valence-electron chi connectivity index (χ1n) is 16.0. The van der Waals surface area contributed by atoms with E-state index in [1.54, 1.807) is 12.1 Å². The van der Waals surface area contributed by atoms with Crippen LogP contribution in [0.2, 0.25) is 0 Å². The molecule has 0 radical (unpaired) electrons. The number of rotatable bonds is 15. The quantitative estimate of drug-likeness (QED) is 0.182. The van der Waals surface area contributed by atoms with Crippen LogP contribution in [-0.4, -0.2) is 23.1 Å². The zero-order valence-electron chi connectivity index (χ0n) is 25.6. The fraction of sp³-hybridized carbons (Fsp3) is 0.706. The Morgan fingerprint density at radius 1 is 0.600 bits per heavy atom. The number of aromatic amines is 2. The second-order valence-electron chi connectivity index (χ2n) is 14.2. The molecule has 0 saturated heterocycles. The Hall–Kier alpha value is -2.18. The maximum absolute atomic E-state index is 11.8. The highest BCUT2D eigenvalue weighted by atomic mass is 16.1. The molecule has 0 amide bonds. The molecule has 40 heavy (non-hydrogen) atoms. The zero-order chi connectivity index (χ0) is 28.6. The van der Waals surface area contributed by atoms with E-state index >= 15 is 0 Å². The summed E-state index contributed by atoms with van der Waals surface area (Å²) in [6.07, 6.45) is 17.2. The van der Waals surface area contributed by atoms with E-state index < -0.39 is 0 Å². The largest absolute Gasteiger partial charge is 0.326 e. The van der Waals surface area contributed by atoms with Gasteiger partial charge in [0.05, 0.1) is 0 Å². The van der Waals surface area contributed by atoms with Crippen molar-refractivity contribution in [1.82, 2.24) is 20.6 Å². The van der Waals surface area contributed by atoms with E-state index in [-0.39, 0.29) is 21.9 Å². The summed E-state index contributed by atoms with van der Waals surface area (Å²) in [6.45, 7) is 11.3. The molecule has 0 aromatic carbocycles. The maximum Gasteiger partial charge on any atom is 0.248 e. The predicted molar refractivity (Wildman–Crippen MR) is 166 cm³/mol. The average molecular weight is 551 g/mol. The molecule has 0 bridgehead atoms. The van der Waals surface area contributed by atoms with Crippen molar-refractivity contribution in [3.05, 3.63) is 67.5 Å². The lowest BCUT2D eigenvalue weighted by molar-refractivity contribution is 0.253. The summed E-state index contributed by atoms with van der Waals surface area (Å²) >= 11 is 0. The van der Waals surface area contributed by atoms with E-state index in [9.17, 15) is 9.59 Å². The number of unbranched alkanes of at least 4 members (excludes halogenated alkanes) is 9. The van der Waals surface area contributed by atoms with Gasteiger partial charge in [0, 0.05) is 35.6 Å². The number of fused-ring (bicyclic) bond motifs is 2. The second kappa shape index (κ2) is 14.1. The third-order valence-corrected chi connectivity index (χ3v) is 9.03. The van der Waals surface area contributed by atoms with Crippen LogP contribution in [0.4, 0.5) is 0 Å². The summed E-state index contributed by atoms with van der Waals surface area (Å²) < 4.78 is 0. The molecule has 2 unspecified atom stereocenters. The lowest BCUT2D eigenvalue weighted by atomic mass is 9.74. The second-order valence-corrected chi connectivity index (χ2v) is 14.2. The highest BCUT2D eigenvalue weighted by molar-refractivity contribution is 5.29. The van der Waals surface area contributed by atoms with Crippen molar-refractivity contribution in [2.24, 2.45) is 10.8 Å². The Kier molecular flexibility index (Phi) is 10.9. The van der Waals surface area contributed by atoms with Crippen molar-refractivity contribution in [3.8, 4) is 0 Å². The minimum atomic E-state index is 0.0120. The number of pyridine rings is 2. The first-order chi connectivity index (χ1) is 19.1. The Balaban J connectivity index is 1.00. The lowest BCUT2D eigenvalue weighted by Gasteiger charge is -2.37. The van der Waals surface area contributed by atoms with Gasteiger partial charge in [-0.3, -0.25) is 9.59 Å². The van der Waals surface area contributed by atoms with E-state index in [0.29, 0.717) is 12.1 Å². The fourth-order valence-electron chi connectivity index (χ4n) is 7.01. The summed E-state index contributed by atoms with van der Waals surface area (Å²) in [6, 6.07) is 8.09. The zero-order valence-corrected chi connectivity index (χ0v) is 25.6. The molecule has 2 aromatic rings. The molecular formula is C34H54N4O2. The van der Waals surface area contributed by atoms with Crippen LogP contribution in [0.5, 0.6) is 0 Å². The fourth-order valence-corrected chi connectivity index (χ4v) is 7.01. The molecule has 2 aliphatic rings. The van der Waals surface area contributed by atoms with Gasteiger partial charge in [0.15, 0.2) is 0 Å². The third kappa shape index (κ3) is 9.17. The van der Waals surface area contributed by atoms with Crippen LogP contribution in [0.25, 0.3) is 0 Å². The smallest absolute Gasteiger partial charge is 0.248 e. The molecule has 2 aliphatic carbocycles. The van der Waals surface area contributed by atoms with Crippen LogP contribution in [0.15, 0.2) is 33.9 Å². The third-order valence-electron chi connectivity index (χ3n) is 9.03. The predicted octanol–water partition coefficient (Wildman–Crippen LogP) is 6.87. The average Bonchev–Trinajstić information content (AvgIpc) is 2.86. The van der Waals surface area contributed by atoms with Gasteiger partial charge < -0.3 is 20.6 Å². The molecule has 0 spiro atoms. The van der Waals surface area contributed by atoms with Gasteiger partial charge in [0.25, 0.3) is 0 Å². The topological polar surface area (TPSA) is 89.8 Å². The van der Waals surface area contributed by atoms with Crippen LogP contribution in [0, 0.1) is 10.8 Å². The van der Waals surface area contributed by atoms with Gasteiger partial charge in [-0.1, -0.05) is 91.2 Å². The molecular weight excluding hydrogens is 496 g/mol. The van der Waals surface area contributed by atoms with Gasteiger partial charge in [-0.05, 0) is 73.6 Å². The Morgan fingerprint density at radius 2 is 0.950 bits per heavy atom. The molecule has 0 fully saturated rings. The summed E-state index contributed by atoms with van der Waals surface area (Å²) in [5.74, 6) is 0. The van der Waals surface area contributed by atoms with Crippen LogP contribution < -0.4 is 21.8 Å². The van der Waals surface area contributed by atoms with Crippen molar-refractivity contribution < 1.29 is 0 Å². The van der Waals surface area contributed by atoms with Gasteiger partial charge in [0.1, 0.15) is 0 Å². The molecule has 0 aliphatic heterocycles. The van der Waals surface area contributed by atoms with Crippen LogP contribution in [0.1, 0.15) is 139 Å². The number of hydrogen-bond acceptors (Lipinski definition) is 4. The van der Waals surface area contributed by atoms with Crippen LogP contribution in [-0.2, 0) is 12.8 Å². The molecule has 2 aromatic heterocycles. The molecule has 0 saturated carbocycles. The Labute approximate surface area is 241 Å². The molecule has 222 valence electrons. The van der Waals surface area contributed by atoms with E-state index in [4.69, 9.17) is 0 Å². The first kappa shape index (κ1) is 30.8. The van der Waals surface area contributed by atoms with Gasteiger partial charge in [-0.2, -0.15) is 0 Å². The molecule has 4 rings (SSSR count). The van der Waals surface area contributed by atoms with Crippen molar-refractivity contribution >= 4 is 0 Å². The number of H-pyrrole nitrogens is 2. The first-order valence-corrected chi connectivity index (χ1v) is 16.0. The van der Waals surface area contributed by atoms with E-state index in [2.05, 4.69) is 48.3 Å². The summed E-state index contributed by atoms with van der Waals surface area (Å²) in [7, 11) is 0. The van der Waals surface area contributed by atoms with Gasteiger partial charge in [0.2, 0.25) is 11.1 Å². The molecule has 2 atom stereocenters. The monoisotopic (exact) mass is 550 g/mol. The van der Waals surface area contributed by atoms with Crippen molar-refractivity contribution in [2.45, 2.75) is 130 Å². The Bertz CT molecular complexity index is 1100. The number of aromatic nitrogens is 2. The maximum atomic E-state index is 11.8. The minimum Gasteiger partial charge on any atom is -0.326 e. The van der Waals surface area contributed by atoms with E-state index in [0.717, 1.165) is 50.2 Å². The van der Waals surface area contributed by atoms with Crippen LogP contribution >= 0.6 is 0 Å². The highest BCUT2D eigenvalue weighted by Crippen LogP contribution is 2.40. The van der Waals surface area contributed by atoms with Crippen molar-refractivity contribution in [1.29, 1.82) is 0 Å². The molecule has 6 nitrogen and oxygen atoms in total. The number of hydrogen-bond donors (Lipinski definition) is 4. The van der Waals surface area contributed by atoms with E-state index in [1.165, 1.54) is 75.3 Å². The summed E-state index contributed by atoms with van der Waals surface area (Å²) in [5.41, 5.74) is 5.27. The standard InChI is InChI=1S/C34H54N4O2/c1-33(2)21-27(25-15-17-31(39)37-29(25)23-33)35-19-13-11-9-7-5-6-8-10-12-14-20-36-28-22-34(3,4)24-30-26(28)16-18-32(40)38-30/h15-18,27-28,35-36H,5-14,19-24H2,1-4H3,(H,37,39)(H,38,40). The molecule has 6 heteroatoms. The lowest BCUT2D eigenvalue weighted by Crippen LogP contribution is -2.35. The van der Waals surface area contributed by atoms with Gasteiger partial charge in [-0.15, -0.1) is 0 Å². The summed E-state index contributed by atoms with van der Waals surface area (Å²) in [5, 5.41) is 7.56. The van der Waals surface area contributed by atoms with Crippen LogP contribution in [0.3, 0.4) is 0 Å². The highest BCUT2D eigenvalue weighted by Gasteiger charge is 2.33. The summed E-state index contributed by atoms with van der Waals surface area (Å²) in [4.78, 5) is 29.7. The van der Waals surface area contributed by atoms with Crippen molar-refractivity contribution in [2.75, 3.05) is 13.1 Å². The SMILES string of the molecule is CC1(C)Cc2[nH]c(=O)ccc2C(NCCCCCCCCCCCCNC2CC(C)(C)Cc3[nH]c(=O)ccc32)C1.